The van der Waals surface area contributed by atoms with Crippen LogP contribution in [-0.4, -0.2) is 46.5 Å². The lowest BCUT2D eigenvalue weighted by atomic mass is 10.3. The first-order valence-corrected chi connectivity index (χ1v) is 6.25. The van der Waals surface area contributed by atoms with Crippen LogP contribution in [-0.2, 0) is 0 Å². The van der Waals surface area contributed by atoms with Crippen LogP contribution in [0.2, 0.25) is 0 Å². The Balaban J connectivity index is 1.97. The molecule has 2 heterocycles. The highest BCUT2D eigenvalue weighted by Gasteiger charge is 2.08. The second kappa shape index (κ2) is 5.79. The van der Waals surface area contributed by atoms with E-state index in [1.165, 1.54) is 0 Å². The Kier molecular flexibility index (Phi) is 4.11. The molecule has 90 valence electrons. The fourth-order valence-electron chi connectivity index (χ4n) is 1.19. The summed E-state index contributed by atoms with van der Waals surface area (Å²) >= 11 is 1.57. The van der Waals surface area contributed by atoms with Crippen molar-refractivity contribution in [2.45, 2.75) is 5.22 Å². The predicted molar refractivity (Wildman–Crippen MR) is 66.8 cm³/mol. The molecular formula is C11H14N4OS. The van der Waals surface area contributed by atoms with Gasteiger partial charge in [0.25, 0.3) is 5.22 Å². The maximum atomic E-state index is 5.55. The first-order valence-electron chi connectivity index (χ1n) is 5.27. The molecule has 0 spiro atoms. The lowest BCUT2D eigenvalue weighted by Crippen LogP contribution is -2.14. The van der Waals surface area contributed by atoms with Gasteiger partial charge in [-0.1, -0.05) is 11.8 Å². The Morgan fingerprint density at radius 1 is 1.24 bits per heavy atom. The molecule has 0 bridgehead atoms. The van der Waals surface area contributed by atoms with E-state index in [9.17, 15) is 0 Å². The van der Waals surface area contributed by atoms with E-state index in [0.29, 0.717) is 11.1 Å². The van der Waals surface area contributed by atoms with Crippen molar-refractivity contribution in [3.63, 3.8) is 0 Å². The van der Waals surface area contributed by atoms with Crippen LogP contribution < -0.4 is 0 Å². The fraction of sp³-hybridized carbons (Fsp3) is 0.364. The van der Waals surface area contributed by atoms with Crippen LogP contribution >= 0.6 is 11.8 Å². The molecule has 0 saturated heterocycles. The van der Waals surface area contributed by atoms with Crippen molar-refractivity contribution in [3.8, 4) is 11.5 Å². The third-order valence-corrected chi connectivity index (χ3v) is 2.90. The average molecular weight is 250 g/mol. The van der Waals surface area contributed by atoms with Crippen LogP contribution in [0.5, 0.6) is 0 Å². The van der Waals surface area contributed by atoms with E-state index in [4.69, 9.17) is 4.42 Å². The second-order valence-corrected chi connectivity index (χ2v) is 4.81. The number of nitrogens with zero attached hydrogens (tertiary/aromatic N) is 4. The number of hydrogen-bond donors (Lipinski definition) is 0. The largest absolute Gasteiger partial charge is 0.411 e. The minimum atomic E-state index is 0.541. The van der Waals surface area contributed by atoms with E-state index in [1.807, 2.05) is 26.2 Å². The molecule has 0 radical (unpaired) electrons. The number of aromatic nitrogens is 3. The summed E-state index contributed by atoms with van der Waals surface area (Å²) in [6.07, 6.45) is 3.41. The average Bonchev–Trinajstić information content (AvgIpc) is 2.78. The van der Waals surface area contributed by atoms with Gasteiger partial charge in [0.15, 0.2) is 0 Å². The smallest absolute Gasteiger partial charge is 0.276 e. The summed E-state index contributed by atoms with van der Waals surface area (Å²) in [5.74, 6) is 1.48. The van der Waals surface area contributed by atoms with Gasteiger partial charge in [0.1, 0.15) is 0 Å². The van der Waals surface area contributed by atoms with Crippen molar-refractivity contribution in [2.24, 2.45) is 0 Å². The van der Waals surface area contributed by atoms with Crippen LogP contribution in [0.4, 0.5) is 0 Å². The number of thioether (sulfide) groups is 1. The molecule has 5 nitrogen and oxygen atoms in total. The summed E-state index contributed by atoms with van der Waals surface area (Å²) in [6, 6.07) is 3.70. The standard InChI is InChI=1S/C11H14N4OS/c1-15(2)7-8-17-11-14-13-10(16-11)9-3-5-12-6-4-9/h3-6H,7-8H2,1-2H3. The van der Waals surface area contributed by atoms with E-state index in [2.05, 4.69) is 20.1 Å². The van der Waals surface area contributed by atoms with Gasteiger partial charge in [0.2, 0.25) is 5.89 Å². The molecule has 17 heavy (non-hydrogen) atoms. The van der Waals surface area contributed by atoms with Gasteiger partial charge in [-0.15, -0.1) is 10.2 Å². The van der Waals surface area contributed by atoms with Gasteiger partial charge in [-0.25, -0.2) is 0 Å². The lowest BCUT2D eigenvalue weighted by Gasteiger charge is -2.06. The van der Waals surface area contributed by atoms with E-state index < -0.39 is 0 Å². The van der Waals surface area contributed by atoms with Crippen molar-refractivity contribution in [3.05, 3.63) is 24.5 Å². The highest BCUT2D eigenvalue weighted by Crippen LogP contribution is 2.22. The first-order chi connectivity index (χ1) is 8.25. The maximum absolute atomic E-state index is 5.55. The van der Waals surface area contributed by atoms with E-state index in [1.54, 1.807) is 24.2 Å². The van der Waals surface area contributed by atoms with Crippen molar-refractivity contribution in [1.82, 2.24) is 20.1 Å². The van der Waals surface area contributed by atoms with Gasteiger partial charge in [0, 0.05) is 30.3 Å². The van der Waals surface area contributed by atoms with E-state index >= 15 is 0 Å². The minimum absolute atomic E-state index is 0.541. The van der Waals surface area contributed by atoms with Gasteiger partial charge in [-0.05, 0) is 26.2 Å². The second-order valence-electron chi connectivity index (χ2n) is 3.76. The maximum Gasteiger partial charge on any atom is 0.276 e. The third-order valence-electron chi connectivity index (χ3n) is 2.10. The Bertz CT molecular complexity index is 458. The minimum Gasteiger partial charge on any atom is -0.411 e. The Hall–Kier alpha value is -1.40. The van der Waals surface area contributed by atoms with E-state index in [-0.39, 0.29) is 0 Å². The summed E-state index contributed by atoms with van der Waals surface area (Å²) < 4.78 is 5.55. The molecule has 2 aromatic heterocycles. The van der Waals surface area contributed by atoms with Crippen molar-refractivity contribution >= 4 is 11.8 Å². The number of rotatable bonds is 5. The SMILES string of the molecule is CN(C)CCSc1nnc(-c2ccncc2)o1. The van der Waals surface area contributed by atoms with Gasteiger partial charge < -0.3 is 9.32 Å². The lowest BCUT2D eigenvalue weighted by molar-refractivity contribution is 0.434. The molecule has 2 rings (SSSR count). The third kappa shape index (κ3) is 3.54. The van der Waals surface area contributed by atoms with Crippen LogP contribution in [0, 0.1) is 0 Å². The monoisotopic (exact) mass is 250 g/mol. The summed E-state index contributed by atoms with van der Waals surface area (Å²) in [5.41, 5.74) is 0.895. The summed E-state index contributed by atoms with van der Waals surface area (Å²) in [6.45, 7) is 0.984. The molecule has 0 atom stereocenters. The first kappa shape index (κ1) is 12.1. The molecule has 0 N–H and O–H groups in total. The molecule has 0 aliphatic carbocycles. The molecule has 0 aliphatic heterocycles. The van der Waals surface area contributed by atoms with Crippen LogP contribution in [0.3, 0.4) is 0 Å². The molecule has 0 aromatic carbocycles. The fourth-order valence-corrected chi connectivity index (χ4v) is 2.06. The van der Waals surface area contributed by atoms with Gasteiger partial charge in [-0.2, -0.15) is 0 Å². The highest BCUT2D eigenvalue weighted by molar-refractivity contribution is 7.99. The summed E-state index contributed by atoms with van der Waals surface area (Å²) in [5, 5.41) is 8.61. The molecule has 2 aromatic rings. The Morgan fingerprint density at radius 3 is 2.71 bits per heavy atom. The summed E-state index contributed by atoms with van der Waals surface area (Å²) in [7, 11) is 4.08. The molecule has 0 aliphatic rings. The molecule has 6 heteroatoms. The van der Waals surface area contributed by atoms with Crippen LogP contribution in [0.15, 0.2) is 34.2 Å². The van der Waals surface area contributed by atoms with Crippen LogP contribution in [0.1, 0.15) is 0 Å². The highest BCUT2D eigenvalue weighted by atomic mass is 32.2. The molecule has 0 fully saturated rings. The van der Waals surface area contributed by atoms with Crippen LogP contribution in [0.25, 0.3) is 11.5 Å². The molecule has 0 unspecified atom stereocenters. The van der Waals surface area contributed by atoms with Gasteiger partial charge in [-0.3, -0.25) is 4.98 Å². The Labute approximate surface area is 104 Å². The quantitative estimate of drug-likeness (QED) is 0.754. The topological polar surface area (TPSA) is 55.1 Å². The zero-order valence-electron chi connectivity index (χ0n) is 9.83. The Morgan fingerprint density at radius 2 is 2.00 bits per heavy atom. The molecule has 0 amide bonds. The summed E-state index contributed by atoms with van der Waals surface area (Å²) in [4.78, 5) is 6.06. The molecule has 0 saturated carbocycles. The molecular weight excluding hydrogens is 236 g/mol. The zero-order valence-corrected chi connectivity index (χ0v) is 10.6. The normalized spacial score (nSPS) is 11.0. The number of pyridine rings is 1. The van der Waals surface area contributed by atoms with Crippen molar-refractivity contribution in [2.75, 3.05) is 26.4 Å². The van der Waals surface area contributed by atoms with Gasteiger partial charge >= 0.3 is 0 Å². The number of hydrogen-bond acceptors (Lipinski definition) is 6. The predicted octanol–water partition coefficient (Wildman–Crippen LogP) is 1.79. The van der Waals surface area contributed by atoms with E-state index in [0.717, 1.165) is 17.9 Å². The van der Waals surface area contributed by atoms with Crippen molar-refractivity contribution in [1.29, 1.82) is 0 Å². The van der Waals surface area contributed by atoms with Crippen molar-refractivity contribution < 1.29 is 4.42 Å². The van der Waals surface area contributed by atoms with Gasteiger partial charge in [0.05, 0.1) is 0 Å². The zero-order chi connectivity index (χ0) is 12.1.